The van der Waals surface area contributed by atoms with E-state index in [9.17, 15) is 14.9 Å². The van der Waals surface area contributed by atoms with Crippen LogP contribution in [0.1, 0.15) is 31.3 Å². The second kappa shape index (κ2) is 6.89. The summed E-state index contributed by atoms with van der Waals surface area (Å²) in [6.07, 6.45) is 0.323. The highest BCUT2D eigenvalue weighted by Gasteiger charge is 2.26. The molecule has 8 nitrogen and oxygen atoms in total. The molecule has 0 bridgehead atoms. The van der Waals surface area contributed by atoms with Crippen molar-refractivity contribution in [1.29, 1.82) is 0 Å². The molecule has 0 radical (unpaired) electrons. The molecular weight excluding hydrogens is 290 g/mol. The lowest BCUT2D eigenvalue weighted by molar-refractivity contribution is -0.402. The van der Waals surface area contributed by atoms with Gasteiger partial charge >= 0.3 is 5.88 Å². The molecular formula is C14H21N3O5. The highest BCUT2D eigenvalue weighted by molar-refractivity contribution is 5.91. The number of morpholine rings is 1. The third kappa shape index (κ3) is 4.05. The molecule has 1 aliphatic heterocycles. The summed E-state index contributed by atoms with van der Waals surface area (Å²) in [6, 6.07) is 2.61. The van der Waals surface area contributed by atoms with Crippen LogP contribution in [0.5, 0.6) is 0 Å². The molecule has 0 aliphatic carbocycles. The molecule has 1 N–H and O–H groups in total. The maximum atomic E-state index is 11.9. The normalized spacial score (nSPS) is 24.0. The molecule has 1 aromatic heterocycles. The quantitative estimate of drug-likeness (QED) is 0.652. The van der Waals surface area contributed by atoms with Gasteiger partial charge in [-0.25, -0.2) is 0 Å². The maximum Gasteiger partial charge on any atom is 0.433 e. The van der Waals surface area contributed by atoms with E-state index in [-0.39, 0.29) is 24.0 Å². The van der Waals surface area contributed by atoms with Gasteiger partial charge in [0.05, 0.1) is 18.3 Å². The summed E-state index contributed by atoms with van der Waals surface area (Å²) in [7, 11) is 0. The zero-order valence-corrected chi connectivity index (χ0v) is 12.9. The second-order valence-corrected chi connectivity index (χ2v) is 5.67. The summed E-state index contributed by atoms with van der Waals surface area (Å²) in [6.45, 7) is 8.13. The Morgan fingerprint density at radius 2 is 2.09 bits per heavy atom. The Morgan fingerprint density at radius 3 is 2.64 bits per heavy atom. The summed E-state index contributed by atoms with van der Waals surface area (Å²) in [5.41, 5.74) is 0. The third-order valence-electron chi connectivity index (χ3n) is 3.62. The first-order chi connectivity index (χ1) is 10.4. The van der Waals surface area contributed by atoms with Gasteiger partial charge in [0.1, 0.15) is 4.92 Å². The molecule has 8 heteroatoms. The molecule has 122 valence electrons. The first kappa shape index (κ1) is 16.4. The molecule has 1 amide bonds. The Morgan fingerprint density at radius 1 is 1.45 bits per heavy atom. The maximum absolute atomic E-state index is 11.9. The van der Waals surface area contributed by atoms with Crippen molar-refractivity contribution < 1.29 is 18.9 Å². The summed E-state index contributed by atoms with van der Waals surface area (Å²) < 4.78 is 10.6. The Hall–Kier alpha value is -1.93. The third-order valence-corrected chi connectivity index (χ3v) is 3.62. The van der Waals surface area contributed by atoms with Crippen molar-refractivity contribution in [3.63, 3.8) is 0 Å². The first-order valence-electron chi connectivity index (χ1n) is 7.28. The number of amides is 1. The molecule has 1 aromatic rings. The predicted octanol–water partition coefficient (Wildman–Crippen LogP) is 1.42. The predicted molar refractivity (Wildman–Crippen MR) is 78.7 cm³/mol. The van der Waals surface area contributed by atoms with Crippen LogP contribution >= 0.6 is 0 Å². The monoisotopic (exact) mass is 311 g/mol. The van der Waals surface area contributed by atoms with Crippen LogP contribution < -0.4 is 5.32 Å². The lowest BCUT2D eigenvalue weighted by atomic mass is 10.1. The highest BCUT2D eigenvalue weighted by atomic mass is 16.6. The number of carbonyl (C=O) groups excluding carboxylic acids is 1. The van der Waals surface area contributed by atoms with Crippen LogP contribution in [-0.4, -0.2) is 53.6 Å². The van der Waals surface area contributed by atoms with Crippen molar-refractivity contribution in [2.45, 2.75) is 39.0 Å². The van der Waals surface area contributed by atoms with E-state index in [4.69, 9.17) is 9.15 Å². The molecule has 1 fully saturated rings. The molecule has 0 spiro atoms. The van der Waals surface area contributed by atoms with Gasteiger partial charge in [-0.15, -0.1) is 0 Å². The Balaban J connectivity index is 1.85. The van der Waals surface area contributed by atoms with E-state index in [0.717, 1.165) is 13.1 Å². The van der Waals surface area contributed by atoms with E-state index in [1.165, 1.54) is 12.1 Å². The van der Waals surface area contributed by atoms with Crippen LogP contribution in [0.3, 0.4) is 0 Å². The van der Waals surface area contributed by atoms with Gasteiger partial charge in [0, 0.05) is 25.7 Å². The molecule has 1 saturated heterocycles. The second-order valence-electron chi connectivity index (χ2n) is 5.67. The zero-order chi connectivity index (χ0) is 16.3. The van der Waals surface area contributed by atoms with Crippen LogP contribution in [-0.2, 0) is 4.74 Å². The Labute approximate surface area is 128 Å². The van der Waals surface area contributed by atoms with Gasteiger partial charge in [0.2, 0.25) is 0 Å². The largest absolute Gasteiger partial charge is 0.433 e. The van der Waals surface area contributed by atoms with E-state index in [1.54, 1.807) is 0 Å². The van der Waals surface area contributed by atoms with Gasteiger partial charge in [-0.1, -0.05) is 0 Å². The summed E-state index contributed by atoms with van der Waals surface area (Å²) >= 11 is 0. The van der Waals surface area contributed by atoms with Gasteiger partial charge in [0.25, 0.3) is 5.91 Å². The van der Waals surface area contributed by atoms with Crippen molar-refractivity contribution >= 4 is 11.8 Å². The summed E-state index contributed by atoms with van der Waals surface area (Å²) in [5.74, 6) is -0.939. The van der Waals surface area contributed by atoms with Gasteiger partial charge in [-0.2, -0.15) is 0 Å². The lowest BCUT2D eigenvalue weighted by Crippen LogP contribution is -2.52. The molecule has 2 rings (SSSR count). The number of ether oxygens (including phenoxy) is 1. The minimum absolute atomic E-state index is 0.0531. The number of nitrogens with one attached hydrogen (secondary N) is 1. The van der Waals surface area contributed by atoms with E-state index in [1.807, 2.05) is 20.8 Å². The molecule has 0 saturated carbocycles. The van der Waals surface area contributed by atoms with Crippen molar-refractivity contribution in [3.05, 3.63) is 28.0 Å². The average molecular weight is 311 g/mol. The Bertz CT molecular complexity index is 534. The summed E-state index contributed by atoms with van der Waals surface area (Å²) in [4.78, 5) is 24.0. The molecule has 22 heavy (non-hydrogen) atoms. The number of nitrogens with zero attached hydrogens (tertiary/aromatic N) is 2. The average Bonchev–Trinajstić information content (AvgIpc) is 2.93. The number of hydrogen-bond donors (Lipinski definition) is 1. The topological polar surface area (TPSA) is 97.9 Å². The Kier molecular flexibility index (Phi) is 5.15. The van der Waals surface area contributed by atoms with Crippen LogP contribution in [0, 0.1) is 10.1 Å². The van der Waals surface area contributed by atoms with Crippen LogP contribution in [0.2, 0.25) is 0 Å². The zero-order valence-electron chi connectivity index (χ0n) is 12.9. The smallest absolute Gasteiger partial charge is 0.395 e. The van der Waals surface area contributed by atoms with Gasteiger partial charge in [-0.05, 0) is 26.8 Å². The molecule has 3 atom stereocenters. The van der Waals surface area contributed by atoms with Gasteiger partial charge in [0.15, 0.2) is 5.76 Å². The summed E-state index contributed by atoms with van der Waals surface area (Å²) in [5, 5.41) is 13.3. The van der Waals surface area contributed by atoms with E-state index < -0.39 is 16.7 Å². The fraction of sp³-hybridized carbons (Fsp3) is 0.643. The van der Waals surface area contributed by atoms with Gasteiger partial charge < -0.3 is 14.5 Å². The van der Waals surface area contributed by atoms with Crippen molar-refractivity contribution in [1.82, 2.24) is 10.2 Å². The standard InChI is InChI=1S/C14H21N3O5/c1-9(16-7-10(2)21-11(3)8-16)6-15-14(18)12-4-5-13(22-12)17(19)20/h4-5,9-11H,6-8H2,1-3H3,(H,15,18)/t9-,10+,11+/m0/s1. The van der Waals surface area contributed by atoms with Crippen LogP contribution in [0.15, 0.2) is 16.5 Å². The van der Waals surface area contributed by atoms with Crippen LogP contribution in [0.4, 0.5) is 5.88 Å². The molecule has 2 heterocycles. The number of hydrogen-bond acceptors (Lipinski definition) is 6. The number of nitro groups is 1. The van der Waals surface area contributed by atoms with E-state index >= 15 is 0 Å². The SMILES string of the molecule is C[C@@H]1CN([C@@H](C)CNC(=O)c2ccc([N+](=O)[O-])o2)C[C@@H](C)O1. The van der Waals surface area contributed by atoms with Crippen LogP contribution in [0.25, 0.3) is 0 Å². The number of rotatable bonds is 5. The van der Waals surface area contributed by atoms with Crippen molar-refractivity contribution in [3.8, 4) is 0 Å². The molecule has 0 aromatic carbocycles. The molecule has 1 aliphatic rings. The van der Waals surface area contributed by atoms with E-state index in [0.29, 0.717) is 6.54 Å². The van der Waals surface area contributed by atoms with Crippen molar-refractivity contribution in [2.75, 3.05) is 19.6 Å². The fourth-order valence-electron chi connectivity index (χ4n) is 2.58. The minimum Gasteiger partial charge on any atom is -0.395 e. The fourth-order valence-corrected chi connectivity index (χ4v) is 2.58. The van der Waals surface area contributed by atoms with E-state index in [2.05, 4.69) is 10.2 Å². The number of furan rings is 1. The number of carbonyl (C=O) groups is 1. The minimum atomic E-state index is -0.671. The highest BCUT2D eigenvalue weighted by Crippen LogP contribution is 2.16. The lowest BCUT2D eigenvalue weighted by Gasteiger charge is -2.38. The first-order valence-corrected chi connectivity index (χ1v) is 7.28. The van der Waals surface area contributed by atoms with Crippen molar-refractivity contribution in [2.24, 2.45) is 0 Å². The van der Waals surface area contributed by atoms with Gasteiger partial charge in [-0.3, -0.25) is 19.8 Å². The molecule has 0 unspecified atom stereocenters.